The van der Waals surface area contributed by atoms with E-state index in [0.29, 0.717) is 16.1 Å². The van der Waals surface area contributed by atoms with Gasteiger partial charge in [-0.2, -0.15) is 5.10 Å². The van der Waals surface area contributed by atoms with Crippen molar-refractivity contribution in [3.8, 4) is 5.75 Å². The Balaban J connectivity index is 1.10. The molecule has 2 fully saturated rings. The fourth-order valence-electron chi connectivity index (χ4n) is 6.78. The second-order valence-electron chi connectivity index (χ2n) is 12.1. The maximum Gasteiger partial charge on any atom is 0.274 e. The highest BCUT2D eigenvalue weighted by Crippen LogP contribution is 2.38. The van der Waals surface area contributed by atoms with Crippen LogP contribution >= 0.6 is 11.3 Å². The predicted octanol–water partition coefficient (Wildman–Crippen LogP) is 6.10. The van der Waals surface area contributed by atoms with Gasteiger partial charge in [-0.1, -0.05) is 18.6 Å². The molecule has 3 aliphatic rings. The normalized spacial score (nSPS) is 18.2. The quantitative estimate of drug-likeness (QED) is 0.225. The molecule has 1 aliphatic carbocycles. The van der Waals surface area contributed by atoms with E-state index in [0.717, 1.165) is 73.8 Å². The molecular formula is C35H43N5O3S. The van der Waals surface area contributed by atoms with Gasteiger partial charge in [0.05, 0.1) is 18.9 Å². The van der Waals surface area contributed by atoms with E-state index in [2.05, 4.69) is 31.7 Å². The predicted molar refractivity (Wildman–Crippen MR) is 177 cm³/mol. The Labute approximate surface area is 264 Å². The molecule has 0 unspecified atom stereocenters. The SMILES string of the molecule is COc1ccc(/C=N/NC(=O)c2c(NC(=O)c3cccc(CN4CCC(N5CCCCC5)CC4)c3)sc3c2CCCC3)cc1. The molecule has 2 amide bonds. The first-order chi connectivity index (χ1) is 21.6. The van der Waals surface area contributed by atoms with Gasteiger partial charge in [0.25, 0.3) is 11.8 Å². The number of thiophene rings is 1. The van der Waals surface area contributed by atoms with Gasteiger partial charge in [-0.15, -0.1) is 11.3 Å². The van der Waals surface area contributed by atoms with Crippen molar-refractivity contribution in [2.24, 2.45) is 5.10 Å². The average molecular weight is 614 g/mol. The van der Waals surface area contributed by atoms with Gasteiger partial charge < -0.3 is 15.0 Å². The molecule has 6 rings (SSSR count). The van der Waals surface area contributed by atoms with Gasteiger partial charge in [0, 0.05) is 23.0 Å². The van der Waals surface area contributed by atoms with Crippen LogP contribution in [0.15, 0.2) is 53.6 Å². The molecule has 3 aromatic rings. The number of likely N-dealkylation sites (tertiary alicyclic amines) is 2. The minimum absolute atomic E-state index is 0.190. The van der Waals surface area contributed by atoms with E-state index in [-0.39, 0.29) is 11.8 Å². The lowest BCUT2D eigenvalue weighted by molar-refractivity contribution is 0.0896. The highest BCUT2D eigenvalue weighted by atomic mass is 32.1. The van der Waals surface area contributed by atoms with Gasteiger partial charge in [0.1, 0.15) is 10.8 Å². The summed E-state index contributed by atoms with van der Waals surface area (Å²) < 4.78 is 5.20. The number of fused-ring (bicyclic) bond motifs is 1. The summed E-state index contributed by atoms with van der Waals surface area (Å²) >= 11 is 1.52. The van der Waals surface area contributed by atoms with E-state index in [1.54, 1.807) is 13.3 Å². The Bertz CT molecular complexity index is 1470. The number of nitrogens with one attached hydrogen (secondary N) is 2. The number of benzene rings is 2. The highest BCUT2D eigenvalue weighted by Gasteiger charge is 2.28. The summed E-state index contributed by atoms with van der Waals surface area (Å²) in [5.74, 6) is 0.270. The van der Waals surface area contributed by atoms with E-state index < -0.39 is 0 Å². The minimum Gasteiger partial charge on any atom is -0.497 e. The molecule has 0 radical (unpaired) electrons. The first-order valence-electron chi connectivity index (χ1n) is 16.1. The summed E-state index contributed by atoms with van der Waals surface area (Å²) in [6, 6.07) is 16.1. The molecule has 2 aliphatic heterocycles. The molecule has 9 heteroatoms. The maximum absolute atomic E-state index is 13.5. The topological polar surface area (TPSA) is 86.3 Å². The van der Waals surface area contributed by atoms with Crippen LogP contribution < -0.4 is 15.5 Å². The van der Waals surface area contributed by atoms with Crippen molar-refractivity contribution in [3.63, 3.8) is 0 Å². The number of nitrogens with zero attached hydrogens (tertiary/aromatic N) is 3. The molecule has 2 aromatic carbocycles. The summed E-state index contributed by atoms with van der Waals surface area (Å²) in [7, 11) is 1.62. The molecule has 0 spiro atoms. The number of methoxy groups -OCH3 is 1. The average Bonchev–Trinajstić information content (AvgIpc) is 3.44. The fourth-order valence-corrected chi connectivity index (χ4v) is 8.06. The monoisotopic (exact) mass is 613 g/mol. The largest absolute Gasteiger partial charge is 0.497 e. The maximum atomic E-state index is 13.5. The van der Waals surface area contributed by atoms with Gasteiger partial charge in [0.2, 0.25) is 0 Å². The molecule has 0 bridgehead atoms. The molecule has 2 saturated heterocycles. The van der Waals surface area contributed by atoms with Gasteiger partial charge in [0.15, 0.2) is 0 Å². The Morgan fingerprint density at radius 3 is 2.50 bits per heavy atom. The van der Waals surface area contributed by atoms with Crippen molar-refractivity contribution < 1.29 is 14.3 Å². The first kappa shape index (κ1) is 30.5. The number of rotatable bonds is 9. The standard InChI is InChI=1S/C35H43N5O3S/c1-43-29-14-12-25(13-15-29)23-36-38-34(42)32-30-10-3-4-11-31(30)44-35(32)37-33(41)27-9-7-8-26(22-27)24-39-20-16-28(17-21-39)40-18-5-2-6-19-40/h7-9,12-15,22-23,28H,2-6,10-11,16-21,24H2,1H3,(H,37,41)(H,38,42)/b36-23+. The van der Waals surface area contributed by atoms with Crippen molar-refractivity contribution in [2.75, 3.05) is 38.6 Å². The van der Waals surface area contributed by atoms with Crippen LogP contribution in [-0.4, -0.2) is 67.2 Å². The van der Waals surface area contributed by atoms with Crippen LogP contribution in [0.3, 0.4) is 0 Å². The Hall–Kier alpha value is -3.53. The lowest BCUT2D eigenvalue weighted by Gasteiger charge is -2.40. The van der Waals surface area contributed by atoms with Gasteiger partial charge in [-0.05, 0) is 131 Å². The first-order valence-corrected chi connectivity index (χ1v) is 16.9. The third-order valence-corrected chi connectivity index (χ3v) is 10.4. The van der Waals surface area contributed by atoms with E-state index >= 15 is 0 Å². The van der Waals surface area contributed by atoms with E-state index in [4.69, 9.17) is 4.74 Å². The lowest BCUT2D eigenvalue weighted by Crippen LogP contribution is -2.46. The van der Waals surface area contributed by atoms with E-state index in [1.807, 2.05) is 42.5 Å². The number of carbonyl (C=O) groups excluding carboxylic acids is 2. The number of piperidine rings is 2. The molecule has 232 valence electrons. The highest BCUT2D eigenvalue weighted by molar-refractivity contribution is 7.17. The van der Waals surface area contributed by atoms with Gasteiger partial charge in [-0.3, -0.25) is 14.5 Å². The second kappa shape index (κ2) is 14.5. The van der Waals surface area contributed by atoms with Crippen molar-refractivity contribution in [1.29, 1.82) is 0 Å². The molecule has 44 heavy (non-hydrogen) atoms. The second-order valence-corrected chi connectivity index (χ2v) is 13.3. The van der Waals surface area contributed by atoms with Gasteiger partial charge in [-0.25, -0.2) is 5.43 Å². The van der Waals surface area contributed by atoms with Crippen LogP contribution in [0, 0.1) is 0 Å². The third-order valence-electron chi connectivity index (χ3n) is 9.18. The van der Waals surface area contributed by atoms with Crippen LogP contribution in [0.1, 0.15) is 87.2 Å². The van der Waals surface area contributed by atoms with Crippen LogP contribution in [0.4, 0.5) is 5.00 Å². The zero-order chi connectivity index (χ0) is 30.3. The molecule has 0 atom stereocenters. The lowest BCUT2D eigenvalue weighted by atomic mass is 9.95. The Morgan fingerprint density at radius 1 is 0.955 bits per heavy atom. The Kier molecular flexibility index (Phi) is 10.0. The molecule has 0 saturated carbocycles. The molecule has 2 N–H and O–H groups in total. The van der Waals surface area contributed by atoms with Crippen molar-refractivity contribution in [1.82, 2.24) is 15.2 Å². The summed E-state index contributed by atoms with van der Waals surface area (Å²) in [5, 5.41) is 7.89. The number of carbonyl (C=O) groups is 2. The minimum atomic E-state index is -0.300. The number of hydrazone groups is 1. The van der Waals surface area contributed by atoms with Gasteiger partial charge >= 0.3 is 0 Å². The zero-order valence-corrected chi connectivity index (χ0v) is 26.5. The number of amides is 2. The molecule has 3 heterocycles. The number of anilines is 1. The smallest absolute Gasteiger partial charge is 0.274 e. The molecular weight excluding hydrogens is 570 g/mol. The summed E-state index contributed by atoms with van der Waals surface area (Å²) in [6.07, 6.45) is 12.0. The summed E-state index contributed by atoms with van der Waals surface area (Å²) in [5.41, 5.74) is 6.87. The van der Waals surface area contributed by atoms with E-state index in [9.17, 15) is 9.59 Å². The van der Waals surface area contributed by atoms with E-state index in [1.165, 1.54) is 61.4 Å². The number of hydrogen-bond donors (Lipinski definition) is 2. The fraction of sp³-hybridized carbons (Fsp3) is 0.457. The third kappa shape index (κ3) is 7.39. The van der Waals surface area contributed by atoms with Crippen LogP contribution in [-0.2, 0) is 19.4 Å². The van der Waals surface area contributed by atoms with Crippen molar-refractivity contribution in [2.45, 2.75) is 70.4 Å². The molecule has 8 nitrogen and oxygen atoms in total. The zero-order valence-electron chi connectivity index (χ0n) is 25.6. The van der Waals surface area contributed by atoms with Crippen molar-refractivity contribution >= 4 is 34.4 Å². The van der Waals surface area contributed by atoms with Crippen LogP contribution in [0.25, 0.3) is 0 Å². The number of aryl methyl sites for hydroxylation is 1. The van der Waals surface area contributed by atoms with Crippen LogP contribution in [0.5, 0.6) is 5.75 Å². The van der Waals surface area contributed by atoms with Crippen molar-refractivity contribution in [3.05, 3.63) is 81.2 Å². The molecule has 1 aromatic heterocycles. The summed E-state index contributed by atoms with van der Waals surface area (Å²) in [6.45, 7) is 5.56. The number of ether oxygens (including phenoxy) is 1. The summed E-state index contributed by atoms with van der Waals surface area (Å²) in [4.78, 5) is 33.3. The number of hydrogen-bond acceptors (Lipinski definition) is 7. The van der Waals surface area contributed by atoms with Crippen LogP contribution in [0.2, 0.25) is 0 Å². The Morgan fingerprint density at radius 2 is 1.73 bits per heavy atom.